The number of amides is 2. The normalized spacial score (nSPS) is 17.0. The maximum Gasteiger partial charge on any atom is 0.249 e. The molecule has 0 radical (unpaired) electrons. The molecule has 2 aromatic heterocycles. The molecule has 2 aliphatic heterocycles. The smallest absolute Gasteiger partial charge is 0.249 e. The highest BCUT2D eigenvalue weighted by atomic mass is 32.1. The van der Waals surface area contributed by atoms with Gasteiger partial charge >= 0.3 is 0 Å². The molecule has 0 spiro atoms. The van der Waals surface area contributed by atoms with Gasteiger partial charge in [-0.3, -0.25) is 14.5 Å². The summed E-state index contributed by atoms with van der Waals surface area (Å²) in [5.74, 6) is 0.521. The number of aromatic nitrogens is 3. The Balaban J connectivity index is 1.39. The predicted molar refractivity (Wildman–Crippen MR) is 141 cm³/mol. The van der Waals surface area contributed by atoms with Gasteiger partial charge in [-0.05, 0) is 61.0 Å². The average Bonchev–Trinajstić information content (AvgIpc) is 3.74. The van der Waals surface area contributed by atoms with Crippen molar-refractivity contribution >= 4 is 39.9 Å². The van der Waals surface area contributed by atoms with Crippen molar-refractivity contribution in [3.05, 3.63) is 64.4 Å². The largest absolute Gasteiger partial charge is 0.454 e. The predicted octanol–water partition coefficient (Wildman–Crippen LogP) is 3.60. The van der Waals surface area contributed by atoms with Gasteiger partial charge in [-0.1, -0.05) is 17.3 Å². The summed E-state index contributed by atoms with van der Waals surface area (Å²) < 4.78 is 18.3. The molecule has 196 valence electrons. The van der Waals surface area contributed by atoms with Crippen LogP contribution >= 0.6 is 11.3 Å². The SMILES string of the molecule is Cc1ccsc1[C@@H](C(=O)NC[C@@H]1CCCO1)N(C(=O)Cn1nnc2ccccc21)c1ccc2c(c1)OCO2. The van der Waals surface area contributed by atoms with Gasteiger partial charge in [-0.2, -0.15) is 0 Å². The number of hydrogen-bond donors (Lipinski definition) is 1. The second kappa shape index (κ2) is 10.4. The fourth-order valence-corrected chi connectivity index (χ4v) is 5.86. The molecular formula is C27H27N5O5S. The number of aryl methyl sites for hydroxylation is 1. The Hall–Kier alpha value is -3.96. The van der Waals surface area contributed by atoms with Crippen LogP contribution in [0.4, 0.5) is 5.69 Å². The molecule has 1 N–H and O–H groups in total. The lowest BCUT2D eigenvalue weighted by atomic mass is 10.1. The highest BCUT2D eigenvalue weighted by Crippen LogP contribution is 2.39. The summed E-state index contributed by atoms with van der Waals surface area (Å²) in [5, 5.41) is 13.4. The quantitative estimate of drug-likeness (QED) is 0.369. The van der Waals surface area contributed by atoms with E-state index >= 15 is 0 Å². The number of nitrogens with zero attached hydrogens (tertiary/aromatic N) is 4. The summed E-state index contributed by atoms with van der Waals surface area (Å²) in [6.45, 7) is 3.03. The van der Waals surface area contributed by atoms with Crippen LogP contribution in [0.2, 0.25) is 0 Å². The molecule has 1 saturated heterocycles. The van der Waals surface area contributed by atoms with E-state index in [0.29, 0.717) is 35.9 Å². The molecule has 0 bridgehead atoms. The van der Waals surface area contributed by atoms with E-state index < -0.39 is 6.04 Å². The second-order valence-electron chi connectivity index (χ2n) is 9.29. The summed E-state index contributed by atoms with van der Waals surface area (Å²) >= 11 is 1.44. The molecule has 6 rings (SSSR count). The Bertz CT molecular complexity index is 1480. The van der Waals surface area contributed by atoms with E-state index in [-0.39, 0.29) is 31.3 Å². The number of rotatable bonds is 8. The van der Waals surface area contributed by atoms with Crippen molar-refractivity contribution in [3.8, 4) is 11.5 Å². The molecule has 11 heteroatoms. The van der Waals surface area contributed by atoms with E-state index in [4.69, 9.17) is 14.2 Å². The van der Waals surface area contributed by atoms with E-state index in [2.05, 4.69) is 15.6 Å². The van der Waals surface area contributed by atoms with Crippen molar-refractivity contribution in [2.75, 3.05) is 24.8 Å². The van der Waals surface area contributed by atoms with E-state index in [9.17, 15) is 9.59 Å². The van der Waals surface area contributed by atoms with Crippen LogP contribution in [0.15, 0.2) is 53.9 Å². The number of ether oxygens (including phenoxy) is 3. The van der Waals surface area contributed by atoms with Gasteiger partial charge < -0.3 is 19.5 Å². The van der Waals surface area contributed by atoms with Crippen molar-refractivity contribution in [2.24, 2.45) is 0 Å². The molecule has 2 aromatic carbocycles. The summed E-state index contributed by atoms with van der Waals surface area (Å²) in [5.41, 5.74) is 2.87. The maximum atomic E-state index is 14.1. The average molecular weight is 534 g/mol. The molecular weight excluding hydrogens is 506 g/mol. The third kappa shape index (κ3) is 4.70. The van der Waals surface area contributed by atoms with Crippen molar-refractivity contribution in [1.82, 2.24) is 20.3 Å². The highest BCUT2D eigenvalue weighted by Gasteiger charge is 2.36. The number of fused-ring (bicyclic) bond motifs is 2. The molecule has 10 nitrogen and oxygen atoms in total. The number of hydrogen-bond acceptors (Lipinski definition) is 8. The third-order valence-corrected chi connectivity index (χ3v) is 7.86. The first-order valence-electron chi connectivity index (χ1n) is 12.5. The van der Waals surface area contributed by atoms with Crippen LogP contribution in [0.5, 0.6) is 11.5 Å². The standard InChI is InChI=1S/C27H27N5O5S/c1-17-10-12-38-26(17)25(27(34)28-14-19-5-4-11-35-19)32(18-8-9-22-23(13-18)37-16-36-22)24(33)15-31-21-7-3-2-6-20(21)29-30-31/h2-3,6-10,12-13,19,25H,4-5,11,14-16H2,1H3,(H,28,34)/t19-,25-/m0/s1. The molecule has 0 aliphatic carbocycles. The molecule has 2 atom stereocenters. The molecule has 4 heterocycles. The van der Waals surface area contributed by atoms with Gasteiger partial charge in [0.05, 0.1) is 11.6 Å². The molecule has 1 fully saturated rings. The zero-order valence-electron chi connectivity index (χ0n) is 20.8. The molecule has 0 unspecified atom stereocenters. The minimum absolute atomic E-state index is 0.0276. The number of thiophene rings is 1. The van der Waals surface area contributed by atoms with Gasteiger partial charge in [0, 0.05) is 29.8 Å². The Morgan fingerprint density at radius 2 is 2.05 bits per heavy atom. The monoisotopic (exact) mass is 533 g/mol. The zero-order chi connectivity index (χ0) is 26.1. The minimum Gasteiger partial charge on any atom is -0.454 e. The highest BCUT2D eigenvalue weighted by molar-refractivity contribution is 7.10. The summed E-state index contributed by atoms with van der Waals surface area (Å²) in [7, 11) is 0. The van der Waals surface area contributed by atoms with Crippen molar-refractivity contribution in [1.29, 1.82) is 0 Å². The van der Waals surface area contributed by atoms with Gasteiger partial charge in [0.2, 0.25) is 18.6 Å². The molecule has 38 heavy (non-hydrogen) atoms. The second-order valence-corrected chi connectivity index (χ2v) is 10.2. The van der Waals surface area contributed by atoms with Gasteiger partial charge in [0.15, 0.2) is 17.5 Å². The Labute approximate surface area is 223 Å². The Morgan fingerprint density at radius 1 is 1.18 bits per heavy atom. The topological polar surface area (TPSA) is 108 Å². The third-order valence-electron chi connectivity index (χ3n) is 6.79. The van der Waals surface area contributed by atoms with Crippen LogP contribution in [-0.2, 0) is 20.9 Å². The van der Waals surface area contributed by atoms with Crippen LogP contribution < -0.4 is 19.7 Å². The van der Waals surface area contributed by atoms with E-state index in [0.717, 1.165) is 28.8 Å². The van der Waals surface area contributed by atoms with Gasteiger partial charge in [-0.25, -0.2) is 4.68 Å². The van der Waals surface area contributed by atoms with Crippen molar-refractivity contribution in [2.45, 2.75) is 38.5 Å². The summed E-state index contributed by atoms with van der Waals surface area (Å²) in [6, 6.07) is 13.8. The van der Waals surface area contributed by atoms with Gasteiger partial charge in [0.25, 0.3) is 0 Å². The maximum absolute atomic E-state index is 14.1. The lowest BCUT2D eigenvalue weighted by molar-refractivity contribution is -0.127. The number of para-hydroxylation sites is 1. The first-order chi connectivity index (χ1) is 18.6. The fraction of sp³-hybridized carbons (Fsp3) is 0.333. The first-order valence-corrected chi connectivity index (χ1v) is 13.4. The summed E-state index contributed by atoms with van der Waals surface area (Å²) in [4.78, 5) is 30.3. The lowest BCUT2D eigenvalue weighted by Gasteiger charge is -2.31. The van der Waals surface area contributed by atoms with E-state index in [1.54, 1.807) is 22.9 Å². The first kappa shape index (κ1) is 24.4. The van der Waals surface area contributed by atoms with E-state index in [1.165, 1.54) is 16.2 Å². The lowest BCUT2D eigenvalue weighted by Crippen LogP contribution is -2.46. The Kier molecular flexibility index (Phi) is 6.69. The zero-order valence-corrected chi connectivity index (χ0v) is 21.6. The molecule has 0 saturated carbocycles. The molecule has 2 aliphatic rings. The van der Waals surface area contributed by atoms with Crippen LogP contribution in [0.25, 0.3) is 11.0 Å². The van der Waals surface area contributed by atoms with Crippen LogP contribution in [0, 0.1) is 6.92 Å². The number of carbonyl (C=O) groups is 2. The van der Waals surface area contributed by atoms with Crippen molar-refractivity contribution < 1.29 is 23.8 Å². The Morgan fingerprint density at radius 3 is 2.87 bits per heavy atom. The number of benzene rings is 2. The summed E-state index contributed by atoms with van der Waals surface area (Å²) in [6.07, 6.45) is 1.84. The van der Waals surface area contributed by atoms with Crippen LogP contribution in [0.1, 0.15) is 29.3 Å². The van der Waals surface area contributed by atoms with Crippen LogP contribution in [-0.4, -0.2) is 52.9 Å². The number of nitrogens with one attached hydrogen (secondary N) is 1. The van der Waals surface area contributed by atoms with Crippen molar-refractivity contribution in [3.63, 3.8) is 0 Å². The van der Waals surface area contributed by atoms with E-state index in [1.807, 2.05) is 42.6 Å². The van der Waals surface area contributed by atoms with Gasteiger partial charge in [0.1, 0.15) is 12.1 Å². The molecule has 2 amide bonds. The van der Waals surface area contributed by atoms with Gasteiger partial charge in [-0.15, -0.1) is 16.4 Å². The minimum atomic E-state index is -0.904. The molecule has 4 aromatic rings. The fourth-order valence-electron chi connectivity index (χ4n) is 4.85. The number of anilines is 1. The number of carbonyl (C=O) groups excluding carboxylic acids is 2. The van der Waals surface area contributed by atoms with Crippen LogP contribution in [0.3, 0.4) is 0 Å².